The molecule has 4 rings (SSSR count). The normalized spacial score (nSPS) is 55.3. The van der Waals surface area contributed by atoms with Crippen LogP contribution < -0.4 is 0 Å². The topological polar surface area (TPSA) is 54.4 Å². The maximum absolute atomic E-state index is 16.7. The number of alkyl halides is 1. The molecule has 1 N–H and O–H groups in total. The van der Waals surface area contributed by atoms with Gasteiger partial charge in [-0.05, 0) is 50.5 Å². The molecule has 0 bridgehead atoms. The van der Waals surface area contributed by atoms with Crippen molar-refractivity contribution in [3.8, 4) is 0 Å². The van der Waals surface area contributed by atoms with E-state index in [9.17, 15) is 14.7 Å². The Bertz CT molecular complexity index is 695. The minimum Gasteiger partial charge on any atom is -0.390 e. The monoisotopic (exact) mass is 348 g/mol. The first kappa shape index (κ1) is 17.4. The molecule has 25 heavy (non-hydrogen) atoms. The number of ketones is 2. The van der Waals surface area contributed by atoms with Crippen molar-refractivity contribution in [1.82, 2.24) is 0 Å². The molecule has 138 valence electrons. The van der Waals surface area contributed by atoms with Crippen molar-refractivity contribution in [2.75, 3.05) is 0 Å². The van der Waals surface area contributed by atoms with Crippen molar-refractivity contribution >= 4 is 11.6 Å². The van der Waals surface area contributed by atoms with Crippen LogP contribution in [0.1, 0.15) is 66.2 Å². The minimum atomic E-state index is -1.91. The third-order valence-corrected chi connectivity index (χ3v) is 8.69. The molecular formula is C21H29FO3. The van der Waals surface area contributed by atoms with E-state index in [0.29, 0.717) is 25.7 Å². The van der Waals surface area contributed by atoms with E-state index in [2.05, 4.69) is 6.92 Å². The first-order chi connectivity index (χ1) is 11.5. The lowest BCUT2D eigenvalue weighted by Gasteiger charge is -2.61. The first-order valence-corrected chi connectivity index (χ1v) is 9.67. The molecule has 3 saturated carbocycles. The van der Waals surface area contributed by atoms with Crippen LogP contribution in [0.4, 0.5) is 4.39 Å². The molecular weight excluding hydrogens is 319 g/mol. The van der Waals surface area contributed by atoms with Crippen molar-refractivity contribution in [2.24, 2.45) is 28.6 Å². The lowest BCUT2D eigenvalue weighted by atomic mass is 9.43. The summed E-state index contributed by atoms with van der Waals surface area (Å²) < 4.78 is 16.7. The molecule has 3 nitrogen and oxygen atoms in total. The Morgan fingerprint density at radius 3 is 2.52 bits per heavy atom. The van der Waals surface area contributed by atoms with E-state index in [1.807, 2.05) is 20.8 Å². The van der Waals surface area contributed by atoms with Crippen LogP contribution in [0.15, 0.2) is 11.6 Å². The quantitative estimate of drug-likeness (QED) is 0.725. The van der Waals surface area contributed by atoms with Crippen LogP contribution in [0.25, 0.3) is 0 Å². The molecule has 0 heterocycles. The summed E-state index contributed by atoms with van der Waals surface area (Å²) in [6.45, 7) is 7.71. The number of rotatable bonds is 0. The van der Waals surface area contributed by atoms with Gasteiger partial charge in [0.25, 0.3) is 0 Å². The highest BCUT2D eigenvalue weighted by molar-refractivity contribution is 5.95. The average Bonchev–Trinajstić information content (AvgIpc) is 2.75. The number of allylic oxidation sites excluding steroid dienone is 1. The second-order valence-corrected chi connectivity index (χ2v) is 9.79. The van der Waals surface area contributed by atoms with Crippen molar-refractivity contribution in [2.45, 2.75) is 77.5 Å². The van der Waals surface area contributed by atoms with Crippen LogP contribution in [-0.4, -0.2) is 27.9 Å². The zero-order chi connectivity index (χ0) is 18.4. The Labute approximate surface area is 149 Å². The predicted molar refractivity (Wildman–Crippen MR) is 92.6 cm³/mol. The molecule has 4 aliphatic rings. The summed E-state index contributed by atoms with van der Waals surface area (Å²) in [6.07, 6.45) is 4.45. The van der Waals surface area contributed by atoms with Gasteiger partial charge < -0.3 is 5.11 Å². The number of hydrogen-bond donors (Lipinski definition) is 1. The highest BCUT2D eigenvalue weighted by Crippen LogP contribution is 2.69. The number of hydrogen-bond acceptors (Lipinski definition) is 3. The summed E-state index contributed by atoms with van der Waals surface area (Å²) in [6, 6.07) is 0. The lowest BCUT2D eigenvalue weighted by molar-refractivity contribution is -0.187. The van der Waals surface area contributed by atoms with Crippen LogP contribution in [0.3, 0.4) is 0 Å². The van der Waals surface area contributed by atoms with E-state index in [0.717, 1.165) is 12.0 Å². The van der Waals surface area contributed by atoms with Gasteiger partial charge in [0.2, 0.25) is 0 Å². The third kappa shape index (κ3) is 1.85. The Balaban J connectivity index is 1.87. The fourth-order valence-electron chi connectivity index (χ4n) is 6.90. The molecule has 0 spiro atoms. The zero-order valence-electron chi connectivity index (χ0n) is 15.7. The molecule has 0 saturated heterocycles. The Hall–Kier alpha value is -1.03. The van der Waals surface area contributed by atoms with E-state index in [-0.39, 0.29) is 35.7 Å². The molecule has 0 radical (unpaired) electrons. The Kier molecular flexibility index (Phi) is 3.35. The average molecular weight is 348 g/mol. The number of aliphatic hydroxyl groups is 1. The minimum absolute atomic E-state index is 0.0173. The summed E-state index contributed by atoms with van der Waals surface area (Å²) in [5.74, 6) is -0.545. The Morgan fingerprint density at radius 1 is 1.16 bits per heavy atom. The summed E-state index contributed by atoms with van der Waals surface area (Å²) >= 11 is 0. The van der Waals surface area contributed by atoms with Gasteiger partial charge in [0.1, 0.15) is 0 Å². The van der Waals surface area contributed by atoms with E-state index in [1.54, 1.807) is 6.08 Å². The molecule has 0 aromatic rings. The van der Waals surface area contributed by atoms with E-state index >= 15 is 4.39 Å². The molecule has 3 fully saturated rings. The highest BCUT2D eigenvalue weighted by Gasteiger charge is 2.73. The molecule has 0 aromatic heterocycles. The maximum Gasteiger partial charge on any atom is 0.180 e. The number of halogens is 1. The molecule has 0 aromatic carbocycles. The van der Waals surface area contributed by atoms with Crippen LogP contribution in [0.2, 0.25) is 0 Å². The van der Waals surface area contributed by atoms with E-state index in [4.69, 9.17) is 0 Å². The summed E-state index contributed by atoms with van der Waals surface area (Å²) in [4.78, 5) is 25.2. The predicted octanol–water partition coefficient (Wildman–Crippen LogP) is 3.79. The Morgan fingerprint density at radius 2 is 1.84 bits per heavy atom. The van der Waals surface area contributed by atoms with Crippen LogP contribution in [0.5, 0.6) is 0 Å². The van der Waals surface area contributed by atoms with Gasteiger partial charge in [-0.15, -0.1) is 0 Å². The van der Waals surface area contributed by atoms with E-state index in [1.165, 1.54) is 0 Å². The molecule has 0 aliphatic heterocycles. The standard InChI is InChI=1S/C21H29FO3/c1-12-9-16-14-6-8-20(4,25)19(14,3)11-17(24)21(16,22)18(2)7-5-13(23)10-15(12)18/h10,12,14,16,25H,5-9,11H2,1-4H3/t12-,14-,16-,18-,19-,20-,21-/m0/s1. The van der Waals surface area contributed by atoms with Gasteiger partial charge in [0, 0.05) is 29.6 Å². The van der Waals surface area contributed by atoms with Gasteiger partial charge in [-0.25, -0.2) is 4.39 Å². The smallest absolute Gasteiger partial charge is 0.180 e. The van der Waals surface area contributed by atoms with Crippen molar-refractivity contribution in [1.29, 1.82) is 0 Å². The summed E-state index contributed by atoms with van der Waals surface area (Å²) in [5.41, 5.74) is -3.42. The van der Waals surface area contributed by atoms with Gasteiger partial charge in [0.15, 0.2) is 17.2 Å². The number of carbonyl (C=O) groups is 2. The second-order valence-electron chi connectivity index (χ2n) is 9.79. The lowest BCUT2D eigenvalue weighted by Crippen LogP contribution is -2.67. The molecule has 0 unspecified atom stereocenters. The fraction of sp³-hybridized carbons (Fsp3) is 0.810. The molecule has 7 atom stereocenters. The number of Topliss-reactive ketones (excluding diaryl/α,β-unsaturated/α-hetero) is 1. The molecule has 0 amide bonds. The number of carbonyl (C=O) groups excluding carboxylic acids is 2. The van der Waals surface area contributed by atoms with Crippen LogP contribution in [-0.2, 0) is 9.59 Å². The SMILES string of the molecule is C[C@H]1C[C@H]2[C@@H]3CC[C@](C)(O)[C@@]3(C)CC(=O)[C@]2(F)[C@@]2(C)CCC(=O)C=C12. The first-order valence-electron chi connectivity index (χ1n) is 9.67. The van der Waals surface area contributed by atoms with Crippen LogP contribution >= 0.6 is 0 Å². The largest absolute Gasteiger partial charge is 0.390 e. The fourth-order valence-corrected chi connectivity index (χ4v) is 6.90. The van der Waals surface area contributed by atoms with Gasteiger partial charge in [-0.3, -0.25) is 9.59 Å². The number of fused-ring (bicyclic) bond motifs is 5. The van der Waals surface area contributed by atoms with Gasteiger partial charge in [0.05, 0.1) is 5.60 Å². The van der Waals surface area contributed by atoms with Gasteiger partial charge in [-0.1, -0.05) is 26.3 Å². The van der Waals surface area contributed by atoms with Gasteiger partial charge >= 0.3 is 0 Å². The summed E-state index contributed by atoms with van der Waals surface area (Å²) in [7, 11) is 0. The third-order valence-electron chi connectivity index (χ3n) is 8.69. The van der Waals surface area contributed by atoms with Gasteiger partial charge in [-0.2, -0.15) is 0 Å². The van der Waals surface area contributed by atoms with Crippen molar-refractivity contribution in [3.63, 3.8) is 0 Å². The summed E-state index contributed by atoms with van der Waals surface area (Å²) in [5, 5.41) is 10.9. The highest BCUT2D eigenvalue weighted by atomic mass is 19.1. The maximum atomic E-state index is 16.7. The zero-order valence-corrected chi connectivity index (χ0v) is 15.7. The second kappa shape index (κ2) is 4.82. The van der Waals surface area contributed by atoms with Crippen molar-refractivity contribution in [3.05, 3.63) is 11.6 Å². The van der Waals surface area contributed by atoms with Crippen molar-refractivity contribution < 1.29 is 19.1 Å². The van der Waals surface area contributed by atoms with Crippen LogP contribution in [0, 0.1) is 28.6 Å². The molecule has 4 aliphatic carbocycles. The molecule has 4 heteroatoms. The van der Waals surface area contributed by atoms with E-state index < -0.39 is 22.1 Å².